The summed E-state index contributed by atoms with van der Waals surface area (Å²) in [6.45, 7) is 4.94. The Labute approximate surface area is 85.1 Å². The van der Waals surface area contributed by atoms with Crippen LogP contribution < -0.4 is 10.5 Å². The Balaban J connectivity index is 2.33. The van der Waals surface area contributed by atoms with Crippen molar-refractivity contribution < 1.29 is 4.74 Å². The lowest BCUT2D eigenvalue weighted by molar-refractivity contribution is 0.222. The van der Waals surface area contributed by atoms with Crippen molar-refractivity contribution in [3.63, 3.8) is 0 Å². The van der Waals surface area contributed by atoms with Crippen LogP contribution in [0.2, 0.25) is 0 Å². The first-order valence-electron chi connectivity index (χ1n) is 5.19. The topological polar surface area (TPSA) is 35.2 Å². The number of nitrogens with two attached hydrogens (primary N) is 1. The highest BCUT2D eigenvalue weighted by Gasteiger charge is 2.30. The Morgan fingerprint density at radius 2 is 2.21 bits per heavy atom. The molecule has 0 bridgehead atoms. The summed E-state index contributed by atoms with van der Waals surface area (Å²) in [5.74, 6) is 1.53. The molecular weight excluding hydrogens is 174 g/mol. The van der Waals surface area contributed by atoms with Gasteiger partial charge in [-0.05, 0) is 38.4 Å². The summed E-state index contributed by atoms with van der Waals surface area (Å²) in [5.41, 5.74) is 8.18. The average Bonchev–Trinajstić information content (AvgIpc) is 2.43. The molecule has 2 nitrogen and oxygen atoms in total. The minimum Gasteiger partial charge on any atom is -0.490 e. The normalized spacial score (nSPS) is 24.5. The summed E-state index contributed by atoms with van der Waals surface area (Å²) in [6, 6.07) is 6.43. The Hall–Kier alpha value is -1.02. The minimum absolute atomic E-state index is 0.273. The Bertz CT molecular complexity index is 335. The zero-order valence-corrected chi connectivity index (χ0v) is 8.79. The van der Waals surface area contributed by atoms with Crippen molar-refractivity contribution in [1.29, 1.82) is 0 Å². The van der Waals surface area contributed by atoms with Gasteiger partial charge in [-0.15, -0.1) is 0 Å². The number of benzene rings is 1. The van der Waals surface area contributed by atoms with E-state index in [0.29, 0.717) is 5.92 Å². The fraction of sp³-hybridized carbons (Fsp3) is 0.500. The third-order valence-corrected chi connectivity index (χ3v) is 2.93. The first-order valence-corrected chi connectivity index (χ1v) is 5.19. The van der Waals surface area contributed by atoms with Crippen LogP contribution in [-0.2, 0) is 0 Å². The van der Waals surface area contributed by atoms with Crippen molar-refractivity contribution >= 4 is 0 Å². The van der Waals surface area contributed by atoms with E-state index in [-0.39, 0.29) is 6.10 Å². The van der Waals surface area contributed by atoms with Gasteiger partial charge in [0.05, 0.1) is 0 Å². The van der Waals surface area contributed by atoms with Gasteiger partial charge in [0.1, 0.15) is 11.9 Å². The van der Waals surface area contributed by atoms with E-state index in [1.807, 2.05) is 0 Å². The molecule has 2 N–H and O–H groups in total. The van der Waals surface area contributed by atoms with Crippen LogP contribution >= 0.6 is 0 Å². The lowest BCUT2D eigenvalue weighted by atomic mass is 9.92. The molecule has 0 fully saturated rings. The van der Waals surface area contributed by atoms with Gasteiger partial charge >= 0.3 is 0 Å². The Morgan fingerprint density at radius 3 is 2.93 bits per heavy atom. The molecule has 1 aromatic carbocycles. The highest BCUT2D eigenvalue weighted by molar-refractivity contribution is 5.43. The molecule has 0 amide bonds. The summed E-state index contributed by atoms with van der Waals surface area (Å²) in [4.78, 5) is 0. The van der Waals surface area contributed by atoms with Gasteiger partial charge in [0, 0.05) is 11.5 Å². The molecule has 0 radical (unpaired) electrons. The Morgan fingerprint density at radius 1 is 1.43 bits per heavy atom. The number of aryl methyl sites for hydroxylation is 1. The monoisotopic (exact) mass is 191 g/mol. The summed E-state index contributed by atoms with van der Waals surface area (Å²) in [5, 5.41) is 0. The summed E-state index contributed by atoms with van der Waals surface area (Å²) in [6.07, 6.45) is 1.28. The van der Waals surface area contributed by atoms with Crippen LogP contribution in [0.15, 0.2) is 18.2 Å². The third-order valence-electron chi connectivity index (χ3n) is 2.93. The number of hydrogen-bond acceptors (Lipinski definition) is 2. The second-order valence-corrected chi connectivity index (χ2v) is 4.05. The van der Waals surface area contributed by atoms with Gasteiger partial charge in [-0.2, -0.15) is 0 Å². The van der Waals surface area contributed by atoms with E-state index in [9.17, 15) is 0 Å². The molecule has 0 saturated heterocycles. The van der Waals surface area contributed by atoms with Crippen LogP contribution in [0.5, 0.6) is 5.75 Å². The second kappa shape index (κ2) is 3.62. The molecule has 0 spiro atoms. The van der Waals surface area contributed by atoms with Gasteiger partial charge in [0.15, 0.2) is 0 Å². The van der Waals surface area contributed by atoms with E-state index < -0.39 is 0 Å². The number of ether oxygens (including phenoxy) is 1. The molecule has 2 heteroatoms. The standard InChI is InChI=1S/C12H17NO/c1-8-3-4-11-10(5-6-13)9(2)14-12(11)7-8/h3-4,7,9-10H,5-6,13H2,1-2H3. The van der Waals surface area contributed by atoms with Crippen molar-refractivity contribution in [3.8, 4) is 5.75 Å². The molecule has 2 atom stereocenters. The van der Waals surface area contributed by atoms with Crippen molar-refractivity contribution in [2.45, 2.75) is 32.3 Å². The maximum absolute atomic E-state index is 5.80. The van der Waals surface area contributed by atoms with Gasteiger partial charge < -0.3 is 10.5 Å². The summed E-state index contributed by atoms with van der Waals surface area (Å²) >= 11 is 0. The largest absolute Gasteiger partial charge is 0.490 e. The first kappa shape index (κ1) is 9.53. The number of hydrogen-bond donors (Lipinski definition) is 1. The predicted octanol–water partition coefficient (Wildman–Crippen LogP) is 2.21. The molecule has 0 saturated carbocycles. The van der Waals surface area contributed by atoms with Gasteiger partial charge in [0.25, 0.3) is 0 Å². The quantitative estimate of drug-likeness (QED) is 0.777. The van der Waals surface area contributed by atoms with E-state index >= 15 is 0 Å². The SMILES string of the molecule is Cc1ccc2c(c1)OC(C)C2CCN. The maximum Gasteiger partial charge on any atom is 0.123 e. The van der Waals surface area contributed by atoms with E-state index in [0.717, 1.165) is 18.7 Å². The van der Waals surface area contributed by atoms with Crippen LogP contribution in [-0.4, -0.2) is 12.6 Å². The molecule has 2 unspecified atom stereocenters. The molecular formula is C12H17NO. The zero-order valence-electron chi connectivity index (χ0n) is 8.79. The molecule has 14 heavy (non-hydrogen) atoms. The van der Waals surface area contributed by atoms with Crippen molar-refractivity contribution in [2.75, 3.05) is 6.54 Å². The Kier molecular flexibility index (Phi) is 2.46. The van der Waals surface area contributed by atoms with E-state index in [1.165, 1.54) is 11.1 Å². The van der Waals surface area contributed by atoms with Crippen molar-refractivity contribution in [3.05, 3.63) is 29.3 Å². The molecule has 0 aromatic heterocycles. The zero-order chi connectivity index (χ0) is 10.1. The van der Waals surface area contributed by atoms with Gasteiger partial charge in [-0.3, -0.25) is 0 Å². The molecule has 76 valence electrons. The van der Waals surface area contributed by atoms with Crippen LogP contribution in [0.4, 0.5) is 0 Å². The smallest absolute Gasteiger partial charge is 0.123 e. The summed E-state index contributed by atoms with van der Waals surface area (Å²) in [7, 11) is 0. The fourth-order valence-electron chi connectivity index (χ4n) is 2.16. The van der Waals surface area contributed by atoms with E-state index in [4.69, 9.17) is 10.5 Å². The molecule has 2 rings (SSSR count). The molecule has 1 aromatic rings. The molecule has 0 aliphatic carbocycles. The molecule has 1 aliphatic rings. The van der Waals surface area contributed by atoms with Crippen molar-refractivity contribution in [1.82, 2.24) is 0 Å². The summed E-state index contributed by atoms with van der Waals surface area (Å²) < 4.78 is 5.80. The van der Waals surface area contributed by atoms with Crippen LogP contribution in [0.25, 0.3) is 0 Å². The van der Waals surface area contributed by atoms with Crippen molar-refractivity contribution in [2.24, 2.45) is 5.73 Å². The van der Waals surface area contributed by atoms with Gasteiger partial charge in [-0.1, -0.05) is 12.1 Å². The highest BCUT2D eigenvalue weighted by atomic mass is 16.5. The minimum atomic E-state index is 0.273. The number of fused-ring (bicyclic) bond motifs is 1. The van der Waals surface area contributed by atoms with Crippen LogP contribution in [0.3, 0.4) is 0 Å². The third kappa shape index (κ3) is 1.50. The highest BCUT2D eigenvalue weighted by Crippen LogP contribution is 2.40. The fourth-order valence-corrected chi connectivity index (χ4v) is 2.16. The lowest BCUT2D eigenvalue weighted by Crippen LogP contribution is -2.17. The molecule has 1 heterocycles. The van der Waals surface area contributed by atoms with Crippen LogP contribution in [0.1, 0.15) is 30.4 Å². The maximum atomic E-state index is 5.80. The number of rotatable bonds is 2. The first-order chi connectivity index (χ1) is 6.72. The van der Waals surface area contributed by atoms with E-state index in [1.54, 1.807) is 0 Å². The second-order valence-electron chi connectivity index (χ2n) is 4.05. The predicted molar refractivity (Wildman–Crippen MR) is 57.7 cm³/mol. The van der Waals surface area contributed by atoms with E-state index in [2.05, 4.69) is 32.0 Å². The van der Waals surface area contributed by atoms with Crippen LogP contribution in [0, 0.1) is 6.92 Å². The average molecular weight is 191 g/mol. The van der Waals surface area contributed by atoms with Gasteiger partial charge in [-0.25, -0.2) is 0 Å². The lowest BCUT2D eigenvalue weighted by Gasteiger charge is -2.12. The van der Waals surface area contributed by atoms with Gasteiger partial charge in [0.2, 0.25) is 0 Å². The molecule has 1 aliphatic heterocycles.